The fourth-order valence-electron chi connectivity index (χ4n) is 3.58. The largest absolute Gasteiger partial charge is 0.496 e. The number of carbonyl (C=O) groups excluding carboxylic acids is 1. The number of hydrogen-bond donors (Lipinski definition) is 1. The number of amides is 1. The average molecular weight is 425 g/mol. The smallest absolute Gasteiger partial charge is 0.238 e. The van der Waals surface area contributed by atoms with Crippen LogP contribution >= 0.6 is 11.8 Å². The van der Waals surface area contributed by atoms with Crippen LogP contribution in [-0.4, -0.2) is 61.3 Å². The van der Waals surface area contributed by atoms with E-state index in [1.54, 1.807) is 7.11 Å². The van der Waals surface area contributed by atoms with Crippen LogP contribution < -0.4 is 10.1 Å². The molecule has 158 valence electrons. The van der Waals surface area contributed by atoms with Gasteiger partial charge in [0.1, 0.15) is 5.75 Å². The van der Waals surface area contributed by atoms with Crippen molar-refractivity contribution < 1.29 is 9.53 Å². The summed E-state index contributed by atoms with van der Waals surface area (Å²) in [5.74, 6) is 1.27. The monoisotopic (exact) mass is 424 g/mol. The Kier molecular flexibility index (Phi) is 8.14. The van der Waals surface area contributed by atoms with Crippen LogP contribution in [0.2, 0.25) is 0 Å². The molecule has 0 radical (unpaired) electrons. The van der Waals surface area contributed by atoms with Crippen molar-refractivity contribution in [3.63, 3.8) is 0 Å². The Balaban J connectivity index is 1.49. The van der Waals surface area contributed by atoms with Crippen molar-refractivity contribution in [3.8, 4) is 11.8 Å². The average Bonchev–Trinajstić information content (AvgIpc) is 2.75. The number of thioether (sulfide) groups is 1. The van der Waals surface area contributed by atoms with Gasteiger partial charge >= 0.3 is 0 Å². The van der Waals surface area contributed by atoms with Gasteiger partial charge in [0.25, 0.3) is 0 Å². The van der Waals surface area contributed by atoms with Gasteiger partial charge in [0.15, 0.2) is 0 Å². The molecule has 0 aliphatic carbocycles. The summed E-state index contributed by atoms with van der Waals surface area (Å²) in [7, 11) is 1.71. The first-order chi connectivity index (χ1) is 14.6. The predicted molar refractivity (Wildman–Crippen MR) is 121 cm³/mol. The summed E-state index contributed by atoms with van der Waals surface area (Å²) < 4.78 is 5.50. The van der Waals surface area contributed by atoms with Gasteiger partial charge in [-0.1, -0.05) is 29.8 Å². The third kappa shape index (κ3) is 6.23. The van der Waals surface area contributed by atoms with Gasteiger partial charge in [0, 0.05) is 43.2 Å². The quantitative estimate of drug-likeness (QED) is 0.656. The van der Waals surface area contributed by atoms with Gasteiger partial charge in [-0.05, 0) is 25.1 Å². The Morgan fingerprint density at radius 1 is 1.17 bits per heavy atom. The second-order valence-electron chi connectivity index (χ2n) is 7.36. The summed E-state index contributed by atoms with van der Waals surface area (Å²) in [5, 5.41) is 11.8. The Bertz CT molecular complexity index is 904. The van der Waals surface area contributed by atoms with E-state index < -0.39 is 0 Å². The molecule has 30 heavy (non-hydrogen) atoms. The maximum atomic E-state index is 12.5. The second-order valence-corrected chi connectivity index (χ2v) is 8.38. The molecule has 1 amide bonds. The van der Waals surface area contributed by atoms with Crippen molar-refractivity contribution >= 4 is 23.4 Å². The van der Waals surface area contributed by atoms with E-state index in [2.05, 4.69) is 40.2 Å². The zero-order valence-electron chi connectivity index (χ0n) is 17.6. The zero-order chi connectivity index (χ0) is 21.3. The van der Waals surface area contributed by atoms with E-state index in [0.29, 0.717) is 12.3 Å². The Morgan fingerprint density at radius 2 is 1.90 bits per heavy atom. The highest BCUT2D eigenvalue weighted by molar-refractivity contribution is 7.99. The molecular weight excluding hydrogens is 396 g/mol. The molecule has 1 aliphatic rings. The maximum Gasteiger partial charge on any atom is 0.238 e. The summed E-state index contributed by atoms with van der Waals surface area (Å²) in [4.78, 5) is 18.1. The molecule has 7 heteroatoms. The van der Waals surface area contributed by atoms with Gasteiger partial charge in [-0.15, -0.1) is 11.8 Å². The second kappa shape index (κ2) is 11.0. The predicted octanol–water partition coefficient (Wildman–Crippen LogP) is 3.38. The molecule has 1 N–H and O–H groups in total. The van der Waals surface area contributed by atoms with Crippen LogP contribution in [0, 0.1) is 18.3 Å². The molecule has 6 nitrogen and oxygen atoms in total. The van der Waals surface area contributed by atoms with E-state index in [-0.39, 0.29) is 5.91 Å². The molecule has 0 aromatic heterocycles. The van der Waals surface area contributed by atoms with Crippen LogP contribution in [0.3, 0.4) is 0 Å². The van der Waals surface area contributed by atoms with Crippen LogP contribution in [0.4, 0.5) is 5.69 Å². The number of rotatable bonds is 8. The first-order valence-electron chi connectivity index (χ1n) is 10.1. The lowest BCUT2D eigenvalue weighted by atomic mass is 10.1. The normalized spacial score (nSPS) is 14.8. The Morgan fingerprint density at radius 3 is 2.63 bits per heavy atom. The number of hydrogen-bond acceptors (Lipinski definition) is 6. The lowest BCUT2D eigenvalue weighted by Crippen LogP contribution is -2.48. The van der Waals surface area contributed by atoms with E-state index in [1.165, 1.54) is 22.9 Å². The van der Waals surface area contributed by atoms with E-state index in [0.717, 1.165) is 49.1 Å². The summed E-state index contributed by atoms with van der Waals surface area (Å²) in [6, 6.07) is 16.0. The number of methoxy groups -OCH3 is 1. The van der Waals surface area contributed by atoms with Crippen LogP contribution in [0.5, 0.6) is 5.75 Å². The Hall–Kier alpha value is -2.53. The standard InChI is InChI=1S/C23H28N4O2S/c1-18-7-8-21(29-2)19(15-18)16-26-10-12-27(13-11-26)17-23(28)25-20-5-3-4-6-22(20)30-14-9-24/h3-8,15H,10-14,16-17H2,1-2H3,(H,25,28). The molecule has 3 rings (SSSR count). The summed E-state index contributed by atoms with van der Waals surface area (Å²) in [6.45, 7) is 6.86. The third-order valence-corrected chi connectivity index (χ3v) is 6.06. The SMILES string of the molecule is COc1ccc(C)cc1CN1CCN(CC(=O)Nc2ccccc2SCC#N)CC1. The van der Waals surface area contributed by atoms with Gasteiger partial charge in [-0.2, -0.15) is 5.26 Å². The number of carbonyl (C=O) groups is 1. The number of nitrogens with zero attached hydrogens (tertiary/aromatic N) is 3. The minimum absolute atomic E-state index is 0.0196. The van der Waals surface area contributed by atoms with Crippen LogP contribution in [-0.2, 0) is 11.3 Å². The number of nitriles is 1. The minimum Gasteiger partial charge on any atom is -0.496 e. The molecule has 0 spiro atoms. The molecule has 2 aromatic rings. The van der Waals surface area contributed by atoms with Crippen molar-refractivity contribution in [2.75, 3.05) is 50.9 Å². The van der Waals surface area contributed by atoms with Crippen molar-refractivity contribution in [2.24, 2.45) is 0 Å². The number of ether oxygens (including phenoxy) is 1. The molecule has 0 unspecified atom stereocenters. The van der Waals surface area contributed by atoms with Crippen LogP contribution in [0.15, 0.2) is 47.4 Å². The van der Waals surface area contributed by atoms with E-state index >= 15 is 0 Å². The van der Waals surface area contributed by atoms with Crippen molar-refractivity contribution in [1.82, 2.24) is 9.80 Å². The highest BCUT2D eigenvalue weighted by Gasteiger charge is 2.20. The first kappa shape index (κ1) is 22.2. The molecule has 2 aromatic carbocycles. The van der Waals surface area contributed by atoms with E-state index in [4.69, 9.17) is 10.00 Å². The maximum absolute atomic E-state index is 12.5. The van der Waals surface area contributed by atoms with Gasteiger partial charge < -0.3 is 10.1 Å². The molecule has 0 saturated carbocycles. The van der Waals surface area contributed by atoms with Gasteiger partial charge in [-0.3, -0.25) is 14.6 Å². The highest BCUT2D eigenvalue weighted by atomic mass is 32.2. The number of para-hydroxylation sites is 1. The minimum atomic E-state index is -0.0196. The fraction of sp³-hybridized carbons (Fsp3) is 0.391. The van der Waals surface area contributed by atoms with Crippen LogP contribution in [0.1, 0.15) is 11.1 Å². The van der Waals surface area contributed by atoms with Crippen molar-refractivity contribution in [1.29, 1.82) is 5.26 Å². The topological polar surface area (TPSA) is 68.6 Å². The highest BCUT2D eigenvalue weighted by Crippen LogP contribution is 2.26. The van der Waals surface area contributed by atoms with E-state index in [9.17, 15) is 4.79 Å². The zero-order valence-corrected chi connectivity index (χ0v) is 18.4. The summed E-state index contributed by atoms with van der Waals surface area (Å²) in [5.41, 5.74) is 3.21. The summed E-state index contributed by atoms with van der Waals surface area (Å²) in [6.07, 6.45) is 0. The number of piperazine rings is 1. The number of aryl methyl sites for hydroxylation is 1. The van der Waals surface area contributed by atoms with Crippen molar-refractivity contribution in [2.45, 2.75) is 18.4 Å². The molecule has 1 saturated heterocycles. The molecule has 0 bridgehead atoms. The molecule has 1 aliphatic heterocycles. The van der Waals surface area contributed by atoms with Gasteiger partial charge in [-0.25, -0.2) is 0 Å². The fourth-order valence-corrected chi connectivity index (χ4v) is 4.25. The number of benzene rings is 2. The first-order valence-corrected chi connectivity index (χ1v) is 11.0. The number of anilines is 1. The van der Waals surface area contributed by atoms with Gasteiger partial charge in [0.2, 0.25) is 5.91 Å². The lowest BCUT2D eigenvalue weighted by Gasteiger charge is -2.34. The molecule has 1 fully saturated rings. The molecular formula is C23H28N4O2S. The number of nitrogens with one attached hydrogen (secondary N) is 1. The van der Waals surface area contributed by atoms with E-state index in [1.807, 2.05) is 30.3 Å². The molecule has 0 atom stereocenters. The summed E-state index contributed by atoms with van der Waals surface area (Å²) >= 11 is 1.43. The molecule has 1 heterocycles. The third-order valence-electron chi connectivity index (χ3n) is 5.12. The Labute approximate surface area is 182 Å². The van der Waals surface area contributed by atoms with Gasteiger partial charge in [0.05, 0.1) is 31.2 Å². The lowest BCUT2D eigenvalue weighted by molar-refractivity contribution is -0.117. The van der Waals surface area contributed by atoms with Crippen LogP contribution in [0.25, 0.3) is 0 Å². The van der Waals surface area contributed by atoms with Crippen molar-refractivity contribution in [3.05, 3.63) is 53.6 Å².